The maximum absolute atomic E-state index is 8.68. The minimum absolute atomic E-state index is 0.530. The number of benzene rings is 1. The van der Waals surface area contributed by atoms with Gasteiger partial charge in [0.25, 0.3) is 0 Å². The highest BCUT2D eigenvalue weighted by Gasteiger charge is 1.95. The maximum atomic E-state index is 8.68. The molecule has 66 valence electrons. The highest BCUT2D eigenvalue weighted by Crippen LogP contribution is 2.14. The zero-order valence-corrected chi connectivity index (χ0v) is 7.62. The standard InChI is InChI=1S/C11H12N2/c1-9(5-6-12)11-4-2-3-10(7-11)8-13/h2-5,7H,6,12H2,1H3/b9-5-. The first-order valence-electron chi connectivity index (χ1n) is 4.15. The summed E-state index contributed by atoms with van der Waals surface area (Å²) < 4.78 is 0. The Morgan fingerprint density at radius 1 is 1.62 bits per heavy atom. The van der Waals surface area contributed by atoms with E-state index >= 15 is 0 Å². The van der Waals surface area contributed by atoms with Crippen LogP contribution in [0.3, 0.4) is 0 Å². The van der Waals surface area contributed by atoms with Crippen molar-refractivity contribution in [2.75, 3.05) is 6.54 Å². The van der Waals surface area contributed by atoms with Crippen LogP contribution in [0, 0.1) is 11.3 Å². The largest absolute Gasteiger partial charge is 0.327 e. The zero-order chi connectivity index (χ0) is 9.68. The van der Waals surface area contributed by atoms with Crippen molar-refractivity contribution >= 4 is 5.57 Å². The summed E-state index contributed by atoms with van der Waals surface area (Å²) in [4.78, 5) is 0. The van der Waals surface area contributed by atoms with E-state index in [0.717, 1.165) is 11.1 Å². The fourth-order valence-corrected chi connectivity index (χ4v) is 1.13. The molecule has 2 nitrogen and oxygen atoms in total. The molecule has 0 radical (unpaired) electrons. The van der Waals surface area contributed by atoms with Gasteiger partial charge in [0.15, 0.2) is 0 Å². The minimum atomic E-state index is 0.530. The summed E-state index contributed by atoms with van der Waals surface area (Å²) in [6.07, 6.45) is 1.94. The van der Waals surface area contributed by atoms with Crippen molar-refractivity contribution in [1.29, 1.82) is 5.26 Å². The van der Waals surface area contributed by atoms with Crippen molar-refractivity contribution in [2.24, 2.45) is 5.73 Å². The molecule has 0 atom stereocenters. The van der Waals surface area contributed by atoms with Crippen LogP contribution in [0.25, 0.3) is 5.57 Å². The lowest BCUT2D eigenvalue weighted by atomic mass is 10.0. The molecule has 2 heteroatoms. The summed E-state index contributed by atoms with van der Waals surface area (Å²) in [6.45, 7) is 2.52. The third-order valence-electron chi connectivity index (χ3n) is 1.87. The van der Waals surface area contributed by atoms with Crippen LogP contribution in [0.5, 0.6) is 0 Å². The fraction of sp³-hybridized carbons (Fsp3) is 0.182. The third-order valence-corrected chi connectivity index (χ3v) is 1.87. The van der Waals surface area contributed by atoms with E-state index in [1.807, 2.05) is 31.2 Å². The number of allylic oxidation sites excluding steroid dienone is 1. The Kier molecular flexibility index (Phi) is 3.24. The molecule has 0 heterocycles. The van der Waals surface area contributed by atoms with E-state index in [4.69, 9.17) is 11.0 Å². The molecule has 0 saturated carbocycles. The van der Waals surface area contributed by atoms with E-state index in [2.05, 4.69) is 6.07 Å². The van der Waals surface area contributed by atoms with Gasteiger partial charge < -0.3 is 5.73 Å². The molecule has 0 fully saturated rings. The van der Waals surface area contributed by atoms with E-state index in [-0.39, 0.29) is 0 Å². The van der Waals surface area contributed by atoms with E-state index in [9.17, 15) is 0 Å². The Balaban J connectivity index is 3.03. The van der Waals surface area contributed by atoms with Crippen molar-refractivity contribution in [3.8, 4) is 6.07 Å². The summed E-state index contributed by atoms with van der Waals surface area (Å²) in [6, 6.07) is 9.61. The molecular formula is C11H12N2. The summed E-state index contributed by atoms with van der Waals surface area (Å²) >= 11 is 0. The van der Waals surface area contributed by atoms with Crippen LogP contribution in [0.2, 0.25) is 0 Å². The van der Waals surface area contributed by atoms with Crippen LogP contribution in [-0.2, 0) is 0 Å². The highest BCUT2D eigenvalue weighted by atomic mass is 14.5. The molecule has 0 amide bonds. The second-order valence-corrected chi connectivity index (χ2v) is 2.82. The van der Waals surface area contributed by atoms with Gasteiger partial charge >= 0.3 is 0 Å². The molecule has 0 aliphatic carbocycles. The van der Waals surface area contributed by atoms with Crippen LogP contribution in [-0.4, -0.2) is 6.54 Å². The van der Waals surface area contributed by atoms with Crippen molar-refractivity contribution in [1.82, 2.24) is 0 Å². The molecule has 0 aromatic heterocycles. The monoisotopic (exact) mass is 172 g/mol. The van der Waals surface area contributed by atoms with Crippen molar-refractivity contribution in [2.45, 2.75) is 6.92 Å². The maximum Gasteiger partial charge on any atom is 0.0991 e. The lowest BCUT2D eigenvalue weighted by molar-refractivity contribution is 1.25. The first-order chi connectivity index (χ1) is 6.27. The molecule has 0 saturated heterocycles. The molecule has 13 heavy (non-hydrogen) atoms. The van der Waals surface area contributed by atoms with Gasteiger partial charge in [-0.2, -0.15) is 5.26 Å². The predicted octanol–water partition coefficient (Wildman–Crippen LogP) is 1.92. The molecule has 0 bridgehead atoms. The Bertz CT molecular complexity index is 359. The molecule has 0 aliphatic rings. The second-order valence-electron chi connectivity index (χ2n) is 2.82. The summed E-state index contributed by atoms with van der Waals surface area (Å²) in [5.41, 5.74) is 8.25. The van der Waals surface area contributed by atoms with Crippen LogP contribution < -0.4 is 5.73 Å². The Morgan fingerprint density at radius 3 is 3.00 bits per heavy atom. The van der Waals surface area contributed by atoms with Gasteiger partial charge in [-0.3, -0.25) is 0 Å². The number of hydrogen-bond acceptors (Lipinski definition) is 2. The molecular weight excluding hydrogens is 160 g/mol. The molecule has 0 unspecified atom stereocenters. The first-order valence-corrected chi connectivity index (χ1v) is 4.15. The normalized spacial score (nSPS) is 11.0. The van der Waals surface area contributed by atoms with Gasteiger partial charge in [-0.15, -0.1) is 0 Å². The van der Waals surface area contributed by atoms with Gasteiger partial charge in [0, 0.05) is 6.54 Å². The SMILES string of the molecule is C/C(=C/CN)c1cccc(C#N)c1. The minimum Gasteiger partial charge on any atom is -0.327 e. The summed E-state index contributed by atoms with van der Waals surface area (Å²) in [7, 11) is 0. The Labute approximate surface area is 78.3 Å². The van der Waals surface area contributed by atoms with Crippen LogP contribution in [0.1, 0.15) is 18.1 Å². The number of nitriles is 1. The van der Waals surface area contributed by atoms with E-state index in [1.54, 1.807) is 6.07 Å². The van der Waals surface area contributed by atoms with Crippen molar-refractivity contribution in [3.63, 3.8) is 0 Å². The van der Waals surface area contributed by atoms with Gasteiger partial charge in [-0.25, -0.2) is 0 Å². The number of nitrogens with two attached hydrogens (primary N) is 1. The predicted molar refractivity (Wildman–Crippen MR) is 53.9 cm³/mol. The molecule has 1 aromatic carbocycles. The van der Waals surface area contributed by atoms with Gasteiger partial charge in [0.2, 0.25) is 0 Å². The molecule has 0 spiro atoms. The smallest absolute Gasteiger partial charge is 0.0991 e. The van der Waals surface area contributed by atoms with Crippen LogP contribution in [0.15, 0.2) is 30.3 Å². The molecule has 1 aromatic rings. The fourth-order valence-electron chi connectivity index (χ4n) is 1.13. The van der Waals surface area contributed by atoms with E-state index in [1.165, 1.54) is 0 Å². The highest BCUT2D eigenvalue weighted by molar-refractivity contribution is 5.65. The lowest BCUT2D eigenvalue weighted by Crippen LogP contribution is -1.94. The summed E-state index contributed by atoms with van der Waals surface area (Å²) in [5, 5.41) is 8.68. The average Bonchev–Trinajstić information content (AvgIpc) is 2.18. The van der Waals surface area contributed by atoms with Crippen LogP contribution >= 0.6 is 0 Å². The lowest BCUT2D eigenvalue weighted by Gasteiger charge is -2.00. The van der Waals surface area contributed by atoms with Gasteiger partial charge in [0.05, 0.1) is 11.6 Å². The Hall–Kier alpha value is -1.59. The van der Waals surface area contributed by atoms with Gasteiger partial charge in [-0.05, 0) is 30.2 Å². The number of hydrogen-bond donors (Lipinski definition) is 1. The molecule has 0 aliphatic heterocycles. The second kappa shape index (κ2) is 4.44. The number of rotatable bonds is 2. The van der Waals surface area contributed by atoms with Crippen LogP contribution in [0.4, 0.5) is 0 Å². The molecule has 2 N–H and O–H groups in total. The Morgan fingerprint density at radius 2 is 2.38 bits per heavy atom. The van der Waals surface area contributed by atoms with Crippen molar-refractivity contribution in [3.05, 3.63) is 41.5 Å². The topological polar surface area (TPSA) is 49.8 Å². The van der Waals surface area contributed by atoms with E-state index in [0.29, 0.717) is 12.1 Å². The zero-order valence-electron chi connectivity index (χ0n) is 7.62. The average molecular weight is 172 g/mol. The third kappa shape index (κ3) is 2.43. The first kappa shape index (κ1) is 9.50. The number of nitrogens with zero attached hydrogens (tertiary/aromatic N) is 1. The summed E-state index contributed by atoms with van der Waals surface area (Å²) in [5.74, 6) is 0. The van der Waals surface area contributed by atoms with E-state index < -0.39 is 0 Å². The molecule has 1 rings (SSSR count). The van der Waals surface area contributed by atoms with Gasteiger partial charge in [0.1, 0.15) is 0 Å². The van der Waals surface area contributed by atoms with Crippen molar-refractivity contribution < 1.29 is 0 Å². The van der Waals surface area contributed by atoms with Gasteiger partial charge in [-0.1, -0.05) is 18.2 Å². The quantitative estimate of drug-likeness (QED) is 0.740.